The monoisotopic (exact) mass is 302 g/mol. The Hall–Kier alpha value is -0.490. The molecule has 2 rings (SSSR count). The maximum atomic E-state index is 13.2. The van der Waals surface area contributed by atoms with Gasteiger partial charge in [-0.2, -0.15) is 0 Å². The molecule has 2 unspecified atom stereocenters. The van der Waals surface area contributed by atoms with Crippen LogP contribution in [0.3, 0.4) is 0 Å². The highest BCUT2D eigenvalue weighted by Crippen LogP contribution is 2.30. The molecule has 0 aromatic heterocycles. The van der Waals surface area contributed by atoms with Crippen LogP contribution in [-0.4, -0.2) is 13.2 Å². The first-order valence-corrected chi connectivity index (χ1v) is 6.50. The molecule has 3 nitrogen and oxygen atoms in total. The van der Waals surface area contributed by atoms with E-state index in [4.69, 9.17) is 10.6 Å². The molecule has 1 heterocycles. The van der Waals surface area contributed by atoms with Gasteiger partial charge in [-0.15, -0.1) is 0 Å². The van der Waals surface area contributed by atoms with Crippen LogP contribution < -0.4 is 11.3 Å². The quantitative estimate of drug-likeness (QED) is 0.666. The first-order valence-electron chi connectivity index (χ1n) is 5.71. The average Bonchev–Trinajstić information content (AvgIpc) is 2.36. The molecule has 0 radical (unpaired) electrons. The van der Waals surface area contributed by atoms with Gasteiger partial charge in [0.05, 0.1) is 17.1 Å². The Labute approximate surface area is 109 Å². The van der Waals surface area contributed by atoms with Crippen LogP contribution in [0.2, 0.25) is 0 Å². The van der Waals surface area contributed by atoms with E-state index in [0.29, 0.717) is 17.0 Å². The maximum Gasteiger partial charge on any atom is 0.137 e. The smallest absolute Gasteiger partial charge is 0.137 e. The van der Waals surface area contributed by atoms with E-state index in [1.54, 1.807) is 12.1 Å². The third-order valence-corrected chi connectivity index (χ3v) is 3.76. The Morgan fingerprint density at radius 2 is 2.35 bits per heavy atom. The van der Waals surface area contributed by atoms with Gasteiger partial charge >= 0.3 is 0 Å². The Bertz CT molecular complexity index is 383. The fourth-order valence-corrected chi connectivity index (χ4v) is 2.64. The summed E-state index contributed by atoms with van der Waals surface area (Å²) in [5, 5.41) is 0. The topological polar surface area (TPSA) is 47.3 Å². The average molecular weight is 303 g/mol. The fourth-order valence-electron chi connectivity index (χ4n) is 2.24. The molecule has 0 spiro atoms. The van der Waals surface area contributed by atoms with E-state index in [0.717, 1.165) is 25.0 Å². The van der Waals surface area contributed by atoms with E-state index < -0.39 is 0 Å². The number of rotatable bonds is 3. The zero-order valence-electron chi connectivity index (χ0n) is 9.46. The summed E-state index contributed by atoms with van der Waals surface area (Å²) in [6, 6.07) is 4.99. The van der Waals surface area contributed by atoms with Crippen molar-refractivity contribution >= 4 is 15.9 Å². The Kier molecular flexibility index (Phi) is 4.50. The van der Waals surface area contributed by atoms with E-state index >= 15 is 0 Å². The van der Waals surface area contributed by atoms with Crippen LogP contribution in [0.1, 0.15) is 24.4 Å². The van der Waals surface area contributed by atoms with Gasteiger partial charge in [-0.25, -0.2) is 4.39 Å². The summed E-state index contributed by atoms with van der Waals surface area (Å²) in [6.07, 6.45) is 2.12. The Morgan fingerprint density at radius 3 is 2.94 bits per heavy atom. The SMILES string of the molecule is NNC(c1ccc(F)c(Br)c1)C1CCCOC1. The molecule has 1 aliphatic rings. The maximum absolute atomic E-state index is 13.2. The third kappa shape index (κ3) is 3.04. The standard InChI is InChI=1S/C12H16BrFN2O/c13-10-6-8(3-4-11(10)14)12(16-15)9-2-1-5-17-7-9/h3-4,6,9,12,16H,1-2,5,7,15H2. The summed E-state index contributed by atoms with van der Waals surface area (Å²) in [6.45, 7) is 1.52. The summed E-state index contributed by atoms with van der Waals surface area (Å²) in [5.41, 5.74) is 3.79. The normalized spacial score (nSPS) is 22.4. The molecule has 5 heteroatoms. The molecule has 0 aliphatic carbocycles. The van der Waals surface area contributed by atoms with Gasteiger partial charge in [-0.3, -0.25) is 11.3 Å². The molecule has 94 valence electrons. The Morgan fingerprint density at radius 1 is 1.53 bits per heavy atom. The lowest BCUT2D eigenvalue weighted by atomic mass is 9.89. The number of ether oxygens (including phenoxy) is 1. The number of hydrazine groups is 1. The Balaban J connectivity index is 2.18. The summed E-state index contributed by atoms with van der Waals surface area (Å²) in [7, 11) is 0. The van der Waals surface area contributed by atoms with Crippen LogP contribution in [0.5, 0.6) is 0 Å². The molecule has 1 aliphatic heterocycles. The molecular formula is C12H16BrFN2O. The van der Waals surface area contributed by atoms with E-state index in [9.17, 15) is 4.39 Å². The van der Waals surface area contributed by atoms with Crippen LogP contribution in [0, 0.1) is 11.7 Å². The highest BCUT2D eigenvalue weighted by atomic mass is 79.9. The van der Waals surface area contributed by atoms with Crippen molar-refractivity contribution in [2.75, 3.05) is 13.2 Å². The fraction of sp³-hybridized carbons (Fsp3) is 0.500. The second-order valence-corrected chi connectivity index (χ2v) is 5.15. The molecule has 0 bridgehead atoms. The van der Waals surface area contributed by atoms with E-state index in [1.165, 1.54) is 6.07 Å². The number of hydrogen-bond acceptors (Lipinski definition) is 3. The van der Waals surface area contributed by atoms with E-state index in [1.807, 2.05) is 0 Å². The number of halogens is 2. The van der Waals surface area contributed by atoms with Gasteiger partial charge in [-0.1, -0.05) is 6.07 Å². The van der Waals surface area contributed by atoms with Gasteiger partial charge in [-0.05, 0) is 46.5 Å². The van der Waals surface area contributed by atoms with E-state index in [-0.39, 0.29) is 11.9 Å². The molecule has 1 saturated heterocycles. The van der Waals surface area contributed by atoms with Crippen molar-refractivity contribution in [2.24, 2.45) is 11.8 Å². The number of benzene rings is 1. The predicted octanol–water partition coefficient (Wildman–Crippen LogP) is 2.52. The molecule has 17 heavy (non-hydrogen) atoms. The predicted molar refractivity (Wildman–Crippen MR) is 67.7 cm³/mol. The van der Waals surface area contributed by atoms with Gasteiger partial charge in [0.1, 0.15) is 5.82 Å². The number of hydrogen-bond donors (Lipinski definition) is 2. The van der Waals surface area contributed by atoms with Gasteiger partial charge in [0.25, 0.3) is 0 Å². The third-order valence-electron chi connectivity index (χ3n) is 3.15. The van der Waals surface area contributed by atoms with Crippen LogP contribution in [0.15, 0.2) is 22.7 Å². The first-order chi connectivity index (χ1) is 8.22. The zero-order valence-corrected chi connectivity index (χ0v) is 11.0. The van der Waals surface area contributed by atoms with Gasteiger partial charge in [0, 0.05) is 12.5 Å². The number of nitrogens with one attached hydrogen (secondary N) is 1. The summed E-state index contributed by atoms with van der Waals surface area (Å²) < 4.78 is 19.1. The van der Waals surface area contributed by atoms with Gasteiger partial charge < -0.3 is 4.74 Å². The second kappa shape index (κ2) is 5.91. The van der Waals surface area contributed by atoms with Crippen LogP contribution in [0.25, 0.3) is 0 Å². The van der Waals surface area contributed by atoms with Crippen molar-refractivity contribution in [1.29, 1.82) is 0 Å². The van der Waals surface area contributed by atoms with Crippen molar-refractivity contribution in [1.82, 2.24) is 5.43 Å². The minimum absolute atomic E-state index is 0.00667. The molecule has 3 N–H and O–H groups in total. The molecule has 0 amide bonds. The summed E-state index contributed by atoms with van der Waals surface area (Å²) in [4.78, 5) is 0. The number of nitrogens with two attached hydrogens (primary N) is 1. The zero-order chi connectivity index (χ0) is 12.3. The lowest BCUT2D eigenvalue weighted by Gasteiger charge is -2.30. The van der Waals surface area contributed by atoms with Crippen LogP contribution in [-0.2, 0) is 4.74 Å². The lowest BCUT2D eigenvalue weighted by molar-refractivity contribution is 0.0390. The molecule has 1 fully saturated rings. The minimum Gasteiger partial charge on any atom is -0.381 e. The van der Waals surface area contributed by atoms with Crippen molar-refractivity contribution in [3.8, 4) is 0 Å². The van der Waals surface area contributed by atoms with Crippen LogP contribution >= 0.6 is 15.9 Å². The van der Waals surface area contributed by atoms with Gasteiger partial charge in [0.2, 0.25) is 0 Å². The minimum atomic E-state index is -0.260. The van der Waals surface area contributed by atoms with Gasteiger partial charge in [0.15, 0.2) is 0 Å². The van der Waals surface area contributed by atoms with Crippen molar-refractivity contribution in [3.05, 3.63) is 34.1 Å². The second-order valence-electron chi connectivity index (χ2n) is 4.30. The van der Waals surface area contributed by atoms with Crippen molar-refractivity contribution in [3.63, 3.8) is 0 Å². The lowest BCUT2D eigenvalue weighted by Crippen LogP contribution is -2.37. The molecule has 1 aromatic rings. The van der Waals surface area contributed by atoms with E-state index in [2.05, 4.69) is 21.4 Å². The largest absolute Gasteiger partial charge is 0.381 e. The summed E-state index contributed by atoms with van der Waals surface area (Å²) in [5.74, 6) is 5.69. The van der Waals surface area contributed by atoms with Crippen molar-refractivity contribution < 1.29 is 9.13 Å². The molecule has 2 atom stereocenters. The summed E-state index contributed by atoms with van der Waals surface area (Å²) >= 11 is 3.19. The van der Waals surface area contributed by atoms with Crippen LogP contribution in [0.4, 0.5) is 4.39 Å². The highest BCUT2D eigenvalue weighted by molar-refractivity contribution is 9.10. The molecule has 1 aromatic carbocycles. The first kappa shape index (κ1) is 13.0. The highest BCUT2D eigenvalue weighted by Gasteiger charge is 2.25. The molecular weight excluding hydrogens is 287 g/mol. The van der Waals surface area contributed by atoms with Crippen molar-refractivity contribution in [2.45, 2.75) is 18.9 Å². The molecule has 0 saturated carbocycles.